The molecule has 0 bridgehead atoms. The van der Waals surface area contributed by atoms with E-state index >= 15 is 0 Å². The lowest BCUT2D eigenvalue weighted by Crippen LogP contribution is -2.65. The van der Waals surface area contributed by atoms with E-state index in [2.05, 4.69) is 46.0 Å². The molecule has 5 heterocycles. The molecule has 3 N–H and O–H groups in total. The van der Waals surface area contributed by atoms with Crippen LogP contribution in [0.25, 0.3) is 11.0 Å². The molecule has 1 aliphatic heterocycles. The van der Waals surface area contributed by atoms with Gasteiger partial charge in [-0.05, 0) is 38.7 Å². The van der Waals surface area contributed by atoms with Crippen LogP contribution in [-0.4, -0.2) is 77.8 Å². The summed E-state index contributed by atoms with van der Waals surface area (Å²) in [6.45, 7) is 4.74. The van der Waals surface area contributed by atoms with Crippen LogP contribution in [0.2, 0.25) is 0 Å². The number of aromatic nitrogens is 7. The van der Waals surface area contributed by atoms with Crippen molar-refractivity contribution in [3.63, 3.8) is 0 Å². The maximum absolute atomic E-state index is 12.9. The van der Waals surface area contributed by atoms with Crippen molar-refractivity contribution >= 4 is 40.1 Å². The van der Waals surface area contributed by atoms with Gasteiger partial charge in [-0.25, -0.2) is 9.67 Å². The minimum atomic E-state index is -0.137. The summed E-state index contributed by atoms with van der Waals surface area (Å²) in [6, 6.07) is 1.81. The minimum Gasteiger partial charge on any atom is -0.383 e. The SMILES string of the molecule is COCCn1cc(Nc2ncc3c(Nc4cc(C(=O)NCN5CCC56CCC6)cnc4C)nn(C)c3n2)cn1. The second-order valence-electron chi connectivity index (χ2n) is 10.3. The van der Waals surface area contributed by atoms with Gasteiger partial charge in [0.1, 0.15) is 0 Å². The van der Waals surface area contributed by atoms with E-state index in [0.29, 0.717) is 54.0 Å². The summed E-state index contributed by atoms with van der Waals surface area (Å²) in [5, 5.41) is 19.2. The van der Waals surface area contributed by atoms with E-state index < -0.39 is 0 Å². The van der Waals surface area contributed by atoms with Crippen molar-refractivity contribution in [2.75, 3.05) is 37.6 Å². The summed E-state index contributed by atoms with van der Waals surface area (Å²) < 4.78 is 8.57. The van der Waals surface area contributed by atoms with Gasteiger partial charge in [-0.3, -0.25) is 19.4 Å². The number of amides is 1. The predicted molar refractivity (Wildman–Crippen MR) is 146 cm³/mol. The fraction of sp³-hybridized carbons (Fsp3) is 0.462. The van der Waals surface area contributed by atoms with E-state index in [9.17, 15) is 4.79 Å². The Balaban J connectivity index is 1.15. The molecule has 13 heteroatoms. The van der Waals surface area contributed by atoms with Crippen LogP contribution in [0.1, 0.15) is 41.7 Å². The highest BCUT2D eigenvalue weighted by Crippen LogP contribution is 2.46. The Kier molecular flexibility index (Phi) is 6.61. The molecule has 6 rings (SSSR count). The van der Waals surface area contributed by atoms with E-state index in [-0.39, 0.29) is 5.91 Å². The van der Waals surface area contributed by atoms with Crippen LogP contribution in [-0.2, 0) is 18.3 Å². The van der Waals surface area contributed by atoms with Crippen LogP contribution in [0, 0.1) is 6.92 Å². The molecule has 13 nitrogen and oxygen atoms in total. The first-order valence-corrected chi connectivity index (χ1v) is 13.2. The number of likely N-dealkylation sites (tertiary alicyclic amines) is 1. The Morgan fingerprint density at radius 3 is 2.77 bits per heavy atom. The topological polar surface area (TPSA) is 140 Å². The molecule has 0 unspecified atom stereocenters. The van der Waals surface area contributed by atoms with Gasteiger partial charge in [0.05, 0.1) is 54.0 Å². The zero-order chi connectivity index (χ0) is 27.0. The highest BCUT2D eigenvalue weighted by atomic mass is 16.5. The highest BCUT2D eigenvalue weighted by Gasteiger charge is 2.48. The summed E-state index contributed by atoms with van der Waals surface area (Å²) >= 11 is 0. The second-order valence-corrected chi connectivity index (χ2v) is 10.3. The van der Waals surface area contributed by atoms with Crippen LogP contribution < -0.4 is 16.0 Å². The second kappa shape index (κ2) is 10.2. The van der Waals surface area contributed by atoms with Crippen molar-refractivity contribution in [2.45, 2.75) is 44.7 Å². The van der Waals surface area contributed by atoms with Crippen LogP contribution in [0.5, 0.6) is 0 Å². The van der Waals surface area contributed by atoms with Crippen LogP contribution in [0.15, 0.2) is 30.9 Å². The standard InChI is InChI=1S/C26H33N11O2/c1-17-21(11-18(12-27-17)24(38)29-16-36-8-7-26(36)5-4-6-26)32-22-20-14-28-25(33-23(20)35(2)34-22)31-19-13-30-37(15-19)9-10-39-3/h11-15H,4-10,16H2,1-3H3,(H,29,38)(H,32,34)(H,28,31,33). The molecule has 4 aromatic rings. The number of nitrogens with zero attached hydrogens (tertiary/aromatic N) is 8. The lowest BCUT2D eigenvalue weighted by Gasteiger charge is -2.58. The Morgan fingerprint density at radius 1 is 1.15 bits per heavy atom. The lowest BCUT2D eigenvalue weighted by atomic mass is 9.68. The smallest absolute Gasteiger partial charge is 0.253 e. The number of methoxy groups -OCH3 is 1. The lowest BCUT2D eigenvalue weighted by molar-refractivity contribution is -0.0753. The number of rotatable bonds is 10. The fourth-order valence-corrected chi connectivity index (χ4v) is 5.22. The number of ether oxygens (including phenoxy) is 1. The van der Waals surface area contributed by atoms with Crippen LogP contribution in [0.4, 0.5) is 23.1 Å². The van der Waals surface area contributed by atoms with E-state index in [1.54, 1.807) is 35.1 Å². The molecule has 1 amide bonds. The monoisotopic (exact) mass is 531 g/mol. The first-order chi connectivity index (χ1) is 18.9. The Morgan fingerprint density at radius 2 is 2.03 bits per heavy atom. The molecule has 1 saturated heterocycles. The van der Waals surface area contributed by atoms with Crippen molar-refractivity contribution in [1.82, 2.24) is 44.7 Å². The summed E-state index contributed by atoms with van der Waals surface area (Å²) in [5.41, 5.74) is 3.73. The van der Waals surface area contributed by atoms with Crippen molar-refractivity contribution in [3.8, 4) is 0 Å². The molecule has 0 radical (unpaired) electrons. The van der Waals surface area contributed by atoms with Gasteiger partial charge >= 0.3 is 0 Å². The highest BCUT2D eigenvalue weighted by molar-refractivity contribution is 5.96. The summed E-state index contributed by atoms with van der Waals surface area (Å²) in [7, 11) is 3.49. The van der Waals surface area contributed by atoms with Gasteiger partial charge in [-0.2, -0.15) is 15.2 Å². The molecule has 0 atom stereocenters. The third kappa shape index (κ3) is 4.90. The predicted octanol–water partition coefficient (Wildman–Crippen LogP) is 2.71. The summed E-state index contributed by atoms with van der Waals surface area (Å²) in [5.74, 6) is 0.884. The third-order valence-electron chi connectivity index (χ3n) is 7.83. The minimum absolute atomic E-state index is 0.137. The van der Waals surface area contributed by atoms with Crippen LogP contribution in [0.3, 0.4) is 0 Å². The van der Waals surface area contributed by atoms with Gasteiger partial charge < -0.3 is 20.7 Å². The molecular formula is C26H33N11O2. The Labute approximate surface area is 226 Å². The molecule has 1 saturated carbocycles. The number of nitrogens with one attached hydrogen (secondary N) is 3. The molecule has 204 valence electrons. The molecule has 39 heavy (non-hydrogen) atoms. The number of carbonyl (C=O) groups is 1. The number of aryl methyl sites for hydroxylation is 2. The fourth-order valence-electron chi connectivity index (χ4n) is 5.22. The average Bonchev–Trinajstić information content (AvgIpc) is 3.46. The number of anilines is 4. The maximum atomic E-state index is 12.9. The molecule has 0 aromatic carbocycles. The molecule has 4 aromatic heterocycles. The summed E-state index contributed by atoms with van der Waals surface area (Å²) in [6.07, 6.45) is 11.9. The number of carbonyl (C=O) groups excluding carboxylic acids is 1. The normalized spacial score (nSPS) is 16.2. The molecule has 2 fully saturated rings. The quantitative estimate of drug-likeness (QED) is 0.280. The number of hydrogen-bond acceptors (Lipinski definition) is 10. The van der Waals surface area contributed by atoms with Gasteiger partial charge in [0, 0.05) is 44.8 Å². The number of hydrogen-bond donors (Lipinski definition) is 3. The van der Waals surface area contributed by atoms with E-state index in [4.69, 9.17) is 4.74 Å². The first-order valence-electron chi connectivity index (χ1n) is 13.2. The largest absolute Gasteiger partial charge is 0.383 e. The van der Waals surface area contributed by atoms with Gasteiger partial charge in [-0.15, -0.1) is 0 Å². The average molecular weight is 532 g/mol. The molecular weight excluding hydrogens is 498 g/mol. The van der Waals surface area contributed by atoms with Gasteiger partial charge in [0.2, 0.25) is 5.95 Å². The van der Waals surface area contributed by atoms with E-state index in [1.807, 2.05) is 26.2 Å². The maximum Gasteiger partial charge on any atom is 0.253 e. The third-order valence-corrected chi connectivity index (χ3v) is 7.83. The number of pyridine rings is 1. The first kappa shape index (κ1) is 25.2. The van der Waals surface area contributed by atoms with Crippen LogP contribution >= 0.6 is 0 Å². The summed E-state index contributed by atoms with van der Waals surface area (Å²) in [4.78, 5) is 28.9. The van der Waals surface area contributed by atoms with Crippen molar-refractivity contribution in [2.24, 2.45) is 7.05 Å². The van der Waals surface area contributed by atoms with Crippen molar-refractivity contribution < 1.29 is 9.53 Å². The number of fused-ring (bicyclic) bond motifs is 1. The van der Waals surface area contributed by atoms with Gasteiger partial charge in [-0.1, -0.05) is 0 Å². The molecule has 1 aliphatic carbocycles. The molecule has 1 spiro atoms. The zero-order valence-corrected chi connectivity index (χ0v) is 22.4. The Bertz CT molecular complexity index is 1500. The van der Waals surface area contributed by atoms with E-state index in [1.165, 1.54) is 25.7 Å². The molecule has 2 aliphatic rings. The van der Waals surface area contributed by atoms with Crippen molar-refractivity contribution in [1.29, 1.82) is 0 Å². The van der Waals surface area contributed by atoms with Gasteiger partial charge in [0.25, 0.3) is 5.91 Å². The van der Waals surface area contributed by atoms with E-state index in [0.717, 1.165) is 23.3 Å². The Hall–Kier alpha value is -4.10. The zero-order valence-electron chi connectivity index (χ0n) is 22.4. The van der Waals surface area contributed by atoms with Gasteiger partial charge in [0.15, 0.2) is 11.5 Å². The van der Waals surface area contributed by atoms with Crippen molar-refractivity contribution in [3.05, 3.63) is 42.1 Å².